The Morgan fingerprint density at radius 2 is 0.639 bits per heavy atom. The van der Waals surface area contributed by atoms with Crippen LogP contribution in [0, 0.1) is 0 Å². The molecule has 0 saturated carbocycles. The van der Waals surface area contributed by atoms with Gasteiger partial charge in [0.2, 0.25) is 0 Å². The third-order valence-corrected chi connectivity index (χ3v) is 17.2. The van der Waals surface area contributed by atoms with Crippen LogP contribution in [0.3, 0.4) is 0 Å². The number of rotatable bonds is 2. The van der Waals surface area contributed by atoms with Crippen molar-refractivity contribution in [3.63, 3.8) is 0 Å². The average molecular weight is 978 g/mol. The molecule has 10 nitrogen and oxygen atoms in total. The zero-order chi connectivity index (χ0) is 39.2. The molecule has 8 aliphatic rings. The van der Waals surface area contributed by atoms with Gasteiger partial charge in [-0.15, -0.1) is 0 Å². The molecule has 8 aromatic rings. The van der Waals surface area contributed by atoms with Crippen molar-refractivity contribution in [1.29, 1.82) is 0 Å². The van der Waals surface area contributed by atoms with E-state index in [1.54, 1.807) is 0 Å². The van der Waals surface area contributed by atoms with E-state index in [-0.39, 0.29) is 24.2 Å². The molecule has 4 fully saturated rings. The normalized spacial score (nSPS) is 23.7. The van der Waals surface area contributed by atoms with Gasteiger partial charge in [0.05, 0.1) is 0 Å². The summed E-state index contributed by atoms with van der Waals surface area (Å²) in [6.07, 6.45) is 0. The van der Waals surface area contributed by atoms with Gasteiger partial charge >= 0.3 is 358 Å². The Morgan fingerprint density at radius 3 is 0.934 bits per heavy atom. The van der Waals surface area contributed by atoms with Crippen molar-refractivity contribution < 1.29 is 36.6 Å². The van der Waals surface area contributed by atoms with E-state index >= 15 is 0 Å². The molecule has 6 aromatic carbocycles. The van der Waals surface area contributed by atoms with Gasteiger partial charge < -0.3 is 0 Å². The first kappa shape index (κ1) is 32.1. The van der Waals surface area contributed by atoms with Gasteiger partial charge in [0.1, 0.15) is 0 Å². The third-order valence-electron chi connectivity index (χ3n) is 14.0. The maximum absolute atomic E-state index is 6.83. The van der Waals surface area contributed by atoms with Crippen molar-refractivity contribution in [2.45, 2.75) is 24.2 Å². The van der Waals surface area contributed by atoms with E-state index in [0.29, 0.717) is 26.4 Å². The maximum atomic E-state index is 6.83. The van der Waals surface area contributed by atoms with Crippen molar-refractivity contribution in [2.24, 2.45) is 0 Å². The molecule has 8 aliphatic heterocycles. The van der Waals surface area contributed by atoms with Gasteiger partial charge in [0, 0.05) is 0 Å². The SMILES string of the molecule is c1ccc2c(c1)c1ccccc1n2-c1cc2cc(c1)C1COC3=C4OCC5c6cc(cc(-n7c8ccccc8c8ccccc87)c6)C6COC7=C8OCC2N8[C](=[Pt]=[C](N31)N45)N76. The van der Waals surface area contributed by atoms with Gasteiger partial charge in [-0.3, -0.25) is 0 Å². The number of hydrogen-bond acceptors (Lipinski definition) is 8. The molecule has 298 valence electrons. The predicted molar refractivity (Wildman–Crippen MR) is 228 cm³/mol. The number of fused-ring (bicyclic) bond motifs is 14. The number of aromatic nitrogens is 2. The third kappa shape index (κ3) is 3.90. The van der Waals surface area contributed by atoms with Crippen LogP contribution in [0.4, 0.5) is 0 Å². The summed E-state index contributed by atoms with van der Waals surface area (Å²) in [6.45, 7) is 2.17. The fraction of sp³-hybridized carbons (Fsp3) is 0.160. The molecule has 4 unspecified atom stereocenters. The van der Waals surface area contributed by atoms with Crippen molar-refractivity contribution >= 4 is 51.9 Å². The average Bonchev–Trinajstić information content (AvgIpc) is 4.17. The molecule has 0 spiro atoms. The van der Waals surface area contributed by atoms with Gasteiger partial charge in [-0.1, -0.05) is 0 Å². The molecule has 10 heterocycles. The molecule has 0 N–H and O–H groups in total. The number of benzene rings is 6. The van der Waals surface area contributed by atoms with Gasteiger partial charge in [0.25, 0.3) is 0 Å². The number of para-hydroxylation sites is 4. The van der Waals surface area contributed by atoms with Crippen LogP contribution < -0.4 is 0 Å². The molecule has 6 bridgehead atoms. The molecule has 2 aromatic heterocycles. The first-order valence-corrected chi connectivity index (χ1v) is 23.3. The minimum absolute atomic E-state index is 0.0324. The molecule has 61 heavy (non-hydrogen) atoms. The summed E-state index contributed by atoms with van der Waals surface area (Å²) in [5, 5.41) is 5.00. The number of ether oxygens (including phenoxy) is 4. The van der Waals surface area contributed by atoms with E-state index < -0.39 is 17.6 Å². The predicted octanol–water partition coefficient (Wildman–Crippen LogP) is 8.64. The molecular formula is C50H34N6O4Pt. The van der Waals surface area contributed by atoms with E-state index in [2.05, 4.69) is 162 Å². The molecular weight excluding hydrogens is 944 g/mol. The summed E-state index contributed by atoms with van der Waals surface area (Å²) in [5.41, 5.74) is 12.0. The monoisotopic (exact) mass is 977 g/mol. The number of hydrogen-bond donors (Lipinski definition) is 0. The van der Waals surface area contributed by atoms with Crippen LogP contribution in [0.2, 0.25) is 0 Å². The Balaban J connectivity index is 0.951. The van der Waals surface area contributed by atoms with E-state index in [9.17, 15) is 0 Å². The van der Waals surface area contributed by atoms with Crippen LogP contribution in [0.1, 0.15) is 46.4 Å². The fourth-order valence-electron chi connectivity index (χ4n) is 11.4. The second kappa shape index (κ2) is 11.1. The van der Waals surface area contributed by atoms with Crippen LogP contribution in [0.15, 0.2) is 157 Å². The van der Waals surface area contributed by atoms with Crippen LogP contribution in [-0.2, 0) is 36.6 Å². The van der Waals surface area contributed by atoms with E-state index in [0.717, 1.165) is 34.9 Å². The molecule has 11 heteroatoms. The minimum atomic E-state index is -0.845. The summed E-state index contributed by atoms with van der Waals surface area (Å²) in [6, 6.07) is 49.4. The number of nitrogens with zero attached hydrogens (tertiary/aromatic N) is 6. The molecule has 16 rings (SSSR count). The Hall–Kier alpha value is -6.77. The molecule has 0 radical (unpaired) electrons. The molecule has 0 amide bonds. The van der Waals surface area contributed by atoms with E-state index in [1.165, 1.54) is 74.2 Å². The standard InChI is InChI=1S/C50H34N6O4.Pt/c1-5-13-39-35(9-1)36-10-2-6-14-40(36)55(39)33-19-29-17-30(20-33)44-24-58-48-50-54(28-52(44)48)46(26-60-50)32-18-31(45-25-59-49-47-51(27-53(45)49)43(29)23-57-47)21-34(22-32)56-41-15-7-3-11-37(41)38-12-4-8-16-42(38)56;/h1-22,43-46H,23-26H2;. The molecule has 0 aliphatic carbocycles. The Morgan fingerprint density at radius 1 is 0.361 bits per heavy atom. The van der Waals surface area contributed by atoms with Crippen molar-refractivity contribution in [1.82, 2.24) is 28.7 Å². The van der Waals surface area contributed by atoms with Crippen LogP contribution in [0.25, 0.3) is 55.0 Å². The van der Waals surface area contributed by atoms with Crippen LogP contribution >= 0.6 is 0 Å². The summed E-state index contributed by atoms with van der Waals surface area (Å²) in [5.74, 6) is 3.33. The summed E-state index contributed by atoms with van der Waals surface area (Å²) < 4.78 is 34.7. The summed E-state index contributed by atoms with van der Waals surface area (Å²) in [7, 11) is 0. The Bertz CT molecular complexity index is 3090. The second-order valence-electron chi connectivity index (χ2n) is 17.0. The van der Waals surface area contributed by atoms with Crippen molar-refractivity contribution in [2.75, 3.05) is 26.4 Å². The van der Waals surface area contributed by atoms with Gasteiger partial charge in [-0.25, -0.2) is 0 Å². The topological polar surface area (TPSA) is 59.7 Å². The molecule has 4 saturated heterocycles. The zero-order valence-electron chi connectivity index (χ0n) is 32.5. The molecule has 4 atom stereocenters. The van der Waals surface area contributed by atoms with Gasteiger partial charge in [-0.05, 0) is 0 Å². The Labute approximate surface area is 356 Å². The van der Waals surface area contributed by atoms with Gasteiger partial charge in [-0.2, -0.15) is 0 Å². The Kier molecular flexibility index (Phi) is 5.85. The summed E-state index contributed by atoms with van der Waals surface area (Å²) >= 11 is -0.845. The van der Waals surface area contributed by atoms with E-state index in [4.69, 9.17) is 18.9 Å². The quantitative estimate of drug-likeness (QED) is 0.171. The van der Waals surface area contributed by atoms with E-state index in [1.807, 2.05) is 0 Å². The first-order chi connectivity index (χ1) is 30.2. The van der Waals surface area contributed by atoms with Crippen molar-refractivity contribution in [3.05, 3.63) is 179 Å². The van der Waals surface area contributed by atoms with Crippen LogP contribution in [0.5, 0.6) is 0 Å². The zero-order valence-corrected chi connectivity index (χ0v) is 34.7. The first-order valence-electron chi connectivity index (χ1n) is 21.0. The second-order valence-corrected chi connectivity index (χ2v) is 19.6. The fourth-order valence-corrected chi connectivity index (χ4v) is 15.3. The van der Waals surface area contributed by atoms with Crippen LogP contribution in [-0.4, -0.2) is 63.5 Å². The van der Waals surface area contributed by atoms with Gasteiger partial charge in [0.15, 0.2) is 0 Å². The van der Waals surface area contributed by atoms with Crippen molar-refractivity contribution in [3.8, 4) is 11.4 Å². The summed E-state index contributed by atoms with van der Waals surface area (Å²) in [4.78, 5) is 9.99.